The zero-order valence-electron chi connectivity index (χ0n) is 13.3. The number of pyridine rings is 1. The molecule has 1 saturated carbocycles. The van der Waals surface area contributed by atoms with E-state index in [9.17, 15) is 8.78 Å². The Hall–Kier alpha value is -1.97. The molecule has 0 aliphatic heterocycles. The van der Waals surface area contributed by atoms with Gasteiger partial charge >= 0.3 is 0 Å². The van der Waals surface area contributed by atoms with Crippen molar-refractivity contribution >= 4 is 0 Å². The van der Waals surface area contributed by atoms with E-state index in [0.29, 0.717) is 18.1 Å². The lowest BCUT2D eigenvalue weighted by Gasteiger charge is -2.29. The van der Waals surface area contributed by atoms with E-state index in [4.69, 9.17) is 4.74 Å². The van der Waals surface area contributed by atoms with Gasteiger partial charge in [-0.2, -0.15) is 13.8 Å². The van der Waals surface area contributed by atoms with E-state index in [0.717, 1.165) is 31.4 Å². The topological polar surface area (TPSA) is 22.1 Å². The van der Waals surface area contributed by atoms with Gasteiger partial charge in [0.1, 0.15) is 5.75 Å². The van der Waals surface area contributed by atoms with E-state index >= 15 is 0 Å². The van der Waals surface area contributed by atoms with Crippen molar-refractivity contribution in [2.45, 2.75) is 44.4 Å². The summed E-state index contributed by atoms with van der Waals surface area (Å²) in [6.07, 6.45) is 3.83. The van der Waals surface area contributed by atoms with Crippen molar-refractivity contribution in [1.82, 2.24) is 4.98 Å². The molecule has 0 radical (unpaired) electrons. The van der Waals surface area contributed by atoms with Gasteiger partial charge in [0.15, 0.2) is 0 Å². The molecule has 1 aliphatic rings. The predicted molar refractivity (Wildman–Crippen MR) is 85.7 cm³/mol. The summed E-state index contributed by atoms with van der Waals surface area (Å²) in [4.78, 5) is 3.31. The molecule has 0 atom stereocenters. The van der Waals surface area contributed by atoms with Crippen LogP contribution in [-0.4, -0.2) is 11.6 Å². The molecule has 1 aromatic carbocycles. The fourth-order valence-electron chi connectivity index (χ4n) is 3.47. The summed E-state index contributed by atoms with van der Waals surface area (Å²) >= 11 is 0. The zero-order chi connectivity index (χ0) is 16.2. The van der Waals surface area contributed by atoms with Crippen molar-refractivity contribution < 1.29 is 13.5 Å². The van der Waals surface area contributed by atoms with Crippen LogP contribution in [0.15, 0.2) is 36.4 Å². The van der Waals surface area contributed by atoms with Gasteiger partial charge in [-0.15, -0.1) is 0 Å². The lowest BCUT2D eigenvalue weighted by Crippen LogP contribution is -2.14. The summed E-state index contributed by atoms with van der Waals surface area (Å²) in [6, 6.07) is 11.0. The molecular formula is C19H21F2NO. The van der Waals surface area contributed by atoms with Crippen LogP contribution in [0.4, 0.5) is 8.78 Å². The Morgan fingerprint density at radius 2 is 1.61 bits per heavy atom. The number of hydrogen-bond acceptors (Lipinski definition) is 2. The summed E-state index contributed by atoms with van der Waals surface area (Å²) in [7, 11) is 0. The Morgan fingerprint density at radius 1 is 0.957 bits per heavy atom. The van der Waals surface area contributed by atoms with Gasteiger partial charge in [0.05, 0.1) is 6.61 Å². The minimum atomic E-state index is -0.755. The van der Waals surface area contributed by atoms with Crippen molar-refractivity contribution in [1.29, 1.82) is 0 Å². The van der Waals surface area contributed by atoms with E-state index in [-0.39, 0.29) is 5.92 Å². The quantitative estimate of drug-likeness (QED) is 0.723. The second kappa shape index (κ2) is 7.07. The first kappa shape index (κ1) is 15.9. The van der Waals surface area contributed by atoms with Gasteiger partial charge in [-0.05, 0) is 74.3 Å². The van der Waals surface area contributed by atoms with E-state index in [1.54, 1.807) is 6.07 Å². The SMILES string of the molecule is CCOc1ccc(C2CCC(c3ccc(F)nc3F)CC2)cc1. The second-order valence-corrected chi connectivity index (χ2v) is 6.06. The average molecular weight is 317 g/mol. The summed E-state index contributed by atoms with van der Waals surface area (Å²) < 4.78 is 32.2. The van der Waals surface area contributed by atoms with E-state index < -0.39 is 11.9 Å². The lowest BCUT2D eigenvalue weighted by molar-refractivity contribution is 0.339. The third kappa shape index (κ3) is 3.69. The van der Waals surface area contributed by atoms with Crippen LogP contribution in [0.3, 0.4) is 0 Å². The van der Waals surface area contributed by atoms with E-state index in [1.165, 1.54) is 11.6 Å². The monoisotopic (exact) mass is 317 g/mol. The fourth-order valence-corrected chi connectivity index (χ4v) is 3.47. The van der Waals surface area contributed by atoms with Crippen molar-refractivity contribution in [3.63, 3.8) is 0 Å². The van der Waals surface area contributed by atoms with Gasteiger partial charge in [-0.1, -0.05) is 12.1 Å². The molecule has 2 aromatic rings. The Balaban J connectivity index is 1.63. The molecule has 0 amide bonds. The zero-order valence-corrected chi connectivity index (χ0v) is 13.3. The standard InChI is InChI=1S/C19H21F2NO/c1-2-23-16-9-7-14(8-10-16)13-3-5-15(6-4-13)17-11-12-18(20)22-19(17)21/h7-13,15H,2-6H2,1H3. The lowest BCUT2D eigenvalue weighted by atomic mass is 9.76. The summed E-state index contributed by atoms with van der Waals surface area (Å²) in [5, 5.41) is 0. The van der Waals surface area contributed by atoms with Crippen LogP contribution in [0.2, 0.25) is 0 Å². The van der Waals surface area contributed by atoms with Gasteiger partial charge < -0.3 is 4.74 Å². The highest BCUT2D eigenvalue weighted by Crippen LogP contribution is 2.41. The van der Waals surface area contributed by atoms with Gasteiger partial charge in [-0.3, -0.25) is 0 Å². The highest BCUT2D eigenvalue weighted by Gasteiger charge is 2.25. The molecule has 4 heteroatoms. The van der Waals surface area contributed by atoms with E-state index in [1.807, 2.05) is 19.1 Å². The first-order valence-corrected chi connectivity index (χ1v) is 8.22. The van der Waals surface area contributed by atoms with Crippen LogP contribution < -0.4 is 4.74 Å². The van der Waals surface area contributed by atoms with E-state index in [2.05, 4.69) is 17.1 Å². The molecule has 0 saturated heterocycles. The first-order chi connectivity index (χ1) is 11.2. The molecule has 0 N–H and O–H groups in total. The third-order valence-corrected chi connectivity index (χ3v) is 4.67. The number of halogens is 2. The van der Waals surface area contributed by atoms with Crippen LogP contribution >= 0.6 is 0 Å². The van der Waals surface area contributed by atoms with Crippen LogP contribution in [0.25, 0.3) is 0 Å². The number of hydrogen-bond donors (Lipinski definition) is 0. The summed E-state index contributed by atoms with van der Waals surface area (Å²) in [5.41, 5.74) is 1.86. The third-order valence-electron chi connectivity index (χ3n) is 4.67. The van der Waals surface area contributed by atoms with Crippen LogP contribution in [0.5, 0.6) is 5.75 Å². The second-order valence-electron chi connectivity index (χ2n) is 6.06. The number of rotatable bonds is 4. The molecule has 2 nitrogen and oxygen atoms in total. The van der Waals surface area contributed by atoms with Crippen LogP contribution in [0, 0.1) is 11.9 Å². The number of benzene rings is 1. The molecule has 1 fully saturated rings. The molecule has 0 unspecified atom stereocenters. The van der Waals surface area contributed by atoms with Gasteiger partial charge in [0.25, 0.3) is 0 Å². The summed E-state index contributed by atoms with van der Waals surface area (Å²) in [5.74, 6) is 0.119. The smallest absolute Gasteiger partial charge is 0.218 e. The maximum absolute atomic E-state index is 13.8. The molecule has 1 heterocycles. The van der Waals surface area contributed by atoms with Crippen LogP contribution in [0.1, 0.15) is 55.6 Å². The number of ether oxygens (including phenoxy) is 1. The molecule has 0 spiro atoms. The average Bonchev–Trinajstić information content (AvgIpc) is 2.56. The maximum atomic E-state index is 13.8. The van der Waals surface area contributed by atoms with Gasteiger partial charge in [0, 0.05) is 5.56 Å². The van der Waals surface area contributed by atoms with Crippen molar-refractivity contribution in [2.24, 2.45) is 0 Å². The predicted octanol–water partition coefficient (Wildman–Crippen LogP) is 5.20. The Bertz CT molecular complexity index is 649. The fraction of sp³-hybridized carbons (Fsp3) is 0.421. The first-order valence-electron chi connectivity index (χ1n) is 8.22. The number of aromatic nitrogens is 1. The molecule has 1 aromatic heterocycles. The molecule has 122 valence electrons. The Morgan fingerprint density at radius 3 is 2.22 bits per heavy atom. The molecule has 3 rings (SSSR count). The molecule has 23 heavy (non-hydrogen) atoms. The minimum absolute atomic E-state index is 0.141. The minimum Gasteiger partial charge on any atom is -0.494 e. The molecular weight excluding hydrogens is 296 g/mol. The highest BCUT2D eigenvalue weighted by atomic mass is 19.1. The van der Waals surface area contributed by atoms with Crippen molar-refractivity contribution in [3.8, 4) is 5.75 Å². The van der Waals surface area contributed by atoms with Gasteiger partial charge in [-0.25, -0.2) is 0 Å². The largest absolute Gasteiger partial charge is 0.494 e. The van der Waals surface area contributed by atoms with Gasteiger partial charge in [0.2, 0.25) is 11.9 Å². The maximum Gasteiger partial charge on any atom is 0.218 e. The van der Waals surface area contributed by atoms with Crippen LogP contribution in [-0.2, 0) is 0 Å². The molecule has 1 aliphatic carbocycles. The van der Waals surface area contributed by atoms with Crippen molar-refractivity contribution in [2.75, 3.05) is 6.61 Å². The normalized spacial score (nSPS) is 21.2. The highest BCUT2D eigenvalue weighted by molar-refractivity contribution is 5.30. The molecule has 0 bridgehead atoms. The number of nitrogens with zero attached hydrogens (tertiary/aromatic N) is 1. The van der Waals surface area contributed by atoms with Crippen molar-refractivity contribution in [3.05, 3.63) is 59.4 Å². The summed E-state index contributed by atoms with van der Waals surface area (Å²) in [6.45, 7) is 2.64. The Labute approximate surface area is 135 Å². The Kier molecular flexibility index (Phi) is 4.89.